The summed E-state index contributed by atoms with van der Waals surface area (Å²) in [5.74, 6) is -1.34. The molecule has 2 aromatic rings. The third kappa shape index (κ3) is 3.49. The van der Waals surface area contributed by atoms with E-state index in [4.69, 9.17) is 4.74 Å². The maximum Gasteiger partial charge on any atom is 0.326 e. The molecule has 9 heteroatoms. The normalized spacial score (nSPS) is 18.0. The van der Waals surface area contributed by atoms with E-state index in [1.54, 1.807) is 17.5 Å². The van der Waals surface area contributed by atoms with Gasteiger partial charge in [-0.05, 0) is 37.1 Å². The number of carbonyl (C=O) groups excluding carboxylic acids is 3. The molecule has 0 bridgehead atoms. The molecule has 1 aromatic heterocycles. The first-order valence-electron chi connectivity index (χ1n) is 8.97. The minimum Gasteiger partial charge on any atom is -0.458 e. The lowest BCUT2D eigenvalue weighted by molar-refractivity contribution is -0.148. The van der Waals surface area contributed by atoms with Crippen molar-refractivity contribution in [2.45, 2.75) is 37.8 Å². The maximum atomic E-state index is 13.0. The van der Waals surface area contributed by atoms with E-state index in [1.165, 1.54) is 23.5 Å². The fourth-order valence-corrected chi connectivity index (χ4v) is 4.38. The second kappa shape index (κ2) is 7.31. The molecule has 1 saturated carbocycles. The van der Waals surface area contributed by atoms with Crippen molar-refractivity contribution >= 4 is 29.2 Å². The van der Waals surface area contributed by atoms with Gasteiger partial charge in [0.25, 0.3) is 5.91 Å². The predicted molar refractivity (Wildman–Crippen MR) is 98.7 cm³/mol. The lowest BCUT2D eigenvalue weighted by atomic mass is 9.98. The Labute approximate surface area is 164 Å². The number of aromatic nitrogens is 1. The summed E-state index contributed by atoms with van der Waals surface area (Å²) >= 11 is 1.35. The zero-order valence-corrected chi connectivity index (χ0v) is 15.8. The van der Waals surface area contributed by atoms with Gasteiger partial charge < -0.3 is 10.1 Å². The number of amides is 3. The average molecular weight is 403 g/mol. The molecule has 0 unspecified atom stereocenters. The molecule has 28 heavy (non-hydrogen) atoms. The van der Waals surface area contributed by atoms with Crippen molar-refractivity contribution in [3.63, 3.8) is 0 Å². The van der Waals surface area contributed by atoms with Crippen molar-refractivity contribution in [2.75, 3.05) is 6.54 Å². The number of rotatable bonds is 5. The number of hydrogen-bond donors (Lipinski definition) is 1. The number of thiazole rings is 1. The van der Waals surface area contributed by atoms with E-state index in [2.05, 4.69) is 10.3 Å². The fraction of sp³-hybridized carbons (Fsp3) is 0.368. The number of halogens is 1. The molecule has 1 aliphatic heterocycles. The van der Waals surface area contributed by atoms with Crippen LogP contribution in [-0.4, -0.2) is 39.9 Å². The van der Waals surface area contributed by atoms with Crippen LogP contribution in [0, 0.1) is 5.82 Å². The molecule has 3 amide bonds. The molecule has 4 rings (SSSR count). The highest BCUT2D eigenvalue weighted by Gasteiger charge is 2.52. The summed E-state index contributed by atoms with van der Waals surface area (Å²) in [5, 5.41) is 5.15. The van der Waals surface area contributed by atoms with Gasteiger partial charge in [-0.2, -0.15) is 0 Å². The van der Waals surface area contributed by atoms with Crippen LogP contribution in [-0.2, 0) is 20.9 Å². The third-order valence-electron chi connectivity index (χ3n) is 5.01. The van der Waals surface area contributed by atoms with Crippen LogP contribution in [0.2, 0.25) is 0 Å². The van der Waals surface area contributed by atoms with Crippen molar-refractivity contribution in [1.82, 2.24) is 15.2 Å². The summed E-state index contributed by atoms with van der Waals surface area (Å²) in [4.78, 5) is 42.0. The van der Waals surface area contributed by atoms with Crippen LogP contribution in [0.1, 0.15) is 31.4 Å². The number of nitrogens with one attached hydrogen (secondary N) is 1. The Balaban J connectivity index is 1.33. The van der Waals surface area contributed by atoms with Crippen LogP contribution in [0.5, 0.6) is 0 Å². The summed E-state index contributed by atoms with van der Waals surface area (Å²) in [6.07, 6.45) is 2.97. The molecule has 1 spiro atoms. The molecule has 2 fully saturated rings. The van der Waals surface area contributed by atoms with Gasteiger partial charge in [-0.25, -0.2) is 14.2 Å². The monoisotopic (exact) mass is 403 g/mol. The van der Waals surface area contributed by atoms with Crippen molar-refractivity contribution in [3.8, 4) is 10.6 Å². The van der Waals surface area contributed by atoms with E-state index < -0.39 is 24.1 Å². The summed E-state index contributed by atoms with van der Waals surface area (Å²) in [7, 11) is 0. The number of nitrogens with zero attached hydrogens (tertiary/aromatic N) is 2. The van der Waals surface area contributed by atoms with Crippen LogP contribution in [0.25, 0.3) is 10.6 Å². The highest BCUT2D eigenvalue weighted by molar-refractivity contribution is 7.13. The van der Waals surface area contributed by atoms with Gasteiger partial charge in [-0.3, -0.25) is 14.5 Å². The standard InChI is InChI=1S/C19H18FN3O4S/c20-13-5-3-12(4-6-13)16-21-14(11-28-16)10-27-15(24)9-23-17(25)19(22-18(23)26)7-1-2-8-19/h3-6,11H,1-2,7-10H2,(H,22,26). The Kier molecular flexibility index (Phi) is 4.84. The molecular formula is C19H18FN3O4S. The Morgan fingerprint density at radius 3 is 2.68 bits per heavy atom. The Morgan fingerprint density at radius 2 is 1.96 bits per heavy atom. The smallest absolute Gasteiger partial charge is 0.326 e. The maximum absolute atomic E-state index is 13.0. The number of imide groups is 1. The zero-order chi connectivity index (χ0) is 19.7. The summed E-state index contributed by atoms with van der Waals surface area (Å²) in [5.41, 5.74) is 0.475. The number of hydrogen-bond acceptors (Lipinski definition) is 6. The van der Waals surface area contributed by atoms with Gasteiger partial charge in [0.1, 0.15) is 29.5 Å². The average Bonchev–Trinajstić information content (AvgIpc) is 3.39. The quantitative estimate of drug-likeness (QED) is 0.613. The highest BCUT2D eigenvalue weighted by atomic mass is 32.1. The van der Waals surface area contributed by atoms with Crippen molar-refractivity contribution < 1.29 is 23.5 Å². The Bertz CT molecular complexity index is 922. The van der Waals surface area contributed by atoms with Gasteiger partial charge in [-0.15, -0.1) is 11.3 Å². The number of ether oxygens (including phenoxy) is 1. The molecule has 2 aliphatic rings. The lowest BCUT2D eigenvalue weighted by Crippen LogP contribution is -2.44. The molecule has 7 nitrogen and oxygen atoms in total. The molecule has 1 aliphatic carbocycles. The van der Waals surface area contributed by atoms with Crippen LogP contribution in [0.15, 0.2) is 29.6 Å². The SMILES string of the molecule is O=C(CN1C(=O)NC2(CCCC2)C1=O)OCc1csc(-c2ccc(F)cc2)n1. The Morgan fingerprint density at radius 1 is 1.25 bits per heavy atom. The zero-order valence-electron chi connectivity index (χ0n) is 14.9. The van der Waals surface area contributed by atoms with Crippen LogP contribution in [0.4, 0.5) is 9.18 Å². The molecular weight excluding hydrogens is 385 g/mol. The first kappa shape index (κ1) is 18.5. The number of esters is 1. The third-order valence-corrected chi connectivity index (χ3v) is 5.95. The minimum atomic E-state index is -0.837. The predicted octanol–water partition coefficient (Wildman–Crippen LogP) is 2.86. The summed E-state index contributed by atoms with van der Waals surface area (Å²) in [6.45, 7) is -0.479. The highest BCUT2D eigenvalue weighted by Crippen LogP contribution is 2.35. The van der Waals surface area contributed by atoms with E-state index in [9.17, 15) is 18.8 Å². The first-order valence-corrected chi connectivity index (χ1v) is 9.85. The van der Waals surface area contributed by atoms with E-state index in [-0.39, 0.29) is 18.3 Å². The van der Waals surface area contributed by atoms with E-state index in [0.717, 1.165) is 23.3 Å². The van der Waals surface area contributed by atoms with Crippen LogP contribution < -0.4 is 5.32 Å². The topological polar surface area (TPSA) is 88.6 Å². The van der Waals surface area contributed by atoms with Gasteiger partial charge in [0.2, 0.25) is 0 Å². The van der Waals surface area contributed by atoms with Crippen LogP contribution in [0.3, 0.4) is 0 Å². The molecule has 1 aromatic carbocycles. The van der Waals surface area contributed by atoms with E-state index >= 15 is 0 Å². The molecule has 1 saturated heterocycles. The second-order valence-corrected chi connectivity index (χ2v) is 7.78. The second-order valence-electron chi connectivity index (χ2n) is 6.92. The van der Waals surface area contributed by atoms with E-state index in [0.29, 0.717) is 23.5 Å². The van der Waals surface area contributed by atoms with Gasteiger partial charge in [0, 0.05) is 10.9 Å². The first-order chi connectivity index (χ1) is 13.5. The molecule has 0 atom stereocenters. The fourth-order valence-electron chi connectivity index (χ4n) is 3.56. The molecule has 146 valence electrons. The van der Waals surface area contributed by atoms with Gasteiger partial charge in [-0.1, -0.05) is 12.8 Å². The molecule has 2 heterocycles. The number of benzene rings is 1. The molecule has 1 N–H and O–H groups in total. The summed E-state index contributed by atoms with van der Waals surface area (Å²) < 4.78 is 18.2. The van der Waals surface area contributed by atoms with Crippen molar-refractivity contribution in [2.24, 2.45) is 0 Å². The largest absolute Gasteiger partial charge is 0.458 e. The van der Waals surface area contributed by atoms with Gasteiger partial charge >= 0.3 is 12.0 Å². The number of urea groups is 1. The van der Waals surface area contributed by atoms with Gasteiger partial charge in [0.15, 0.2) is 0 Å². The van der Waals surface area contributed by atoms with Crippen LogP contribution >= 0.6 is 11.3 Å². The van der Waals surface area contributed by atoms with Gasteiger partial charge in [0.05, 0.1) is 5.69 Å². The van der Waals surface area contributed by atoms with E-state index in [1.807, 2.05) is 0 Å². The Hall–Kier alpha value is -2.81. The van der Waals surface area contributed by atoms with Crippen molar-refractivity contribution in [3.05, 3.63) is 41.2 Å². The lowest BCUT2D eigenvalue weighted by Gasteiger charge is -2.19. The summed E-state index contributed by atoms with van der Waals surface area (Å²) in [6, 6.07) is 5.41. The number of carbonyl (C=O) groups is 3. The van der Waals surface area contributed by atoms with Crippen molar-refractivity contribution in [1.29, 1.82) is 0 Å². The minimum absolute atomic E-state index is 0.0642. The molecule has 0 radical (unpaired) electrons.